The molecule has 108 valence electrons. The fourth-order valence-corrected chi connectivity index (χ4v) is 1.86. The maximum atomic E-state index is 12.1. The van der Waals surface area contributed by atoms with Crippen molar-refractivity contribution in [2.45, 2.75) is 38.8 Å². The molecule has 19 heavy (non-hydrogen) atoms. The number of carbonyl (C=O) groups excluding carboxylic acids is 2. The van der Waals surface area contributed by atoms with E-state index in [9.17, 15) is 9.59 Å². The monoisotopic (exact) mass is 271 g/mol. The van der Waals surface area contributed by atoms with Gasteiger partial charge in [-0.25, -0.2) is 9.59 Å². The van der Waals surface area contributed by atoms with Gasteiger partial charge in [-0.3, -0.25) is 4.90 Å². The van der Waals surface area contributed by atoms with Gasteiger partial charge in [0, 0.05) is 13.0 Å². The molecule has 0 aromatic rings. The summed E-state index contributed by atoms with van der Waals surface area (Å²) in [5.74, 6) is -0.453. The van der Waals surface area contributed by atoms with Gasteiger partial charge in [0.15, 0.2) is 0 Å². The van der Waals surface area contributed by atoms with Crippen molar-refractivity contribution in [3.63, 3.8) is 0 Å². The second kappa shape index (κ2) is 5.95. The summed E-state index contributed by atoms with van der Waals surface area (Å²) < 4.78 is 14.9. The van der Waals surface area contributed by atoms with Gasteiger partial charge in [0.2, 0.25) is 0 Å². The summed E-state index contributed by atoms with van der Waals surface area (Å²) in [6.45, 7) is 5.64. The molecule has 0 spiro atoms. The highest BCUT2D eigenvalue weighted by Gasteiger charge is 2.39. The highest BCUT2D eigenvalue weighted by Crippen LogP contribution is 2.25. The molecule has 6 nitrogen and oxygen atoms in total. The minimum atomic E-state index is -0.652. The van der Waals surface area contributed by atoms with Gasteiger partial charge in [0.1, 0.15) is 11.6 Å². The smallest absolute Gasteiger partial charge is 0.411 e. The molecule has 1 amide bonds. The number of carbonyl (C=O) groups is 2. The molecule has 0 bridgehead atoms. The second-order valence-corrected chi connectivity index (χ2v) is 5.36. The summed E-state index contributed by atoms with van der Waals surface area (Å²) in [7, 11) is 2.82. The summed E-state index contributed by atoms with van der Waals surface area (Å²) in [6.07, 6.45) is 1.42. The number of amides is 1. The van der Waals surface area contributed by atoms with Gasteiger partial charge in [-0.15, -0.1) is 0 Å². The van der Waals surface area contributed by atoms with Crippen LogP contribution in [0.5, 0.6) is 0 Å². The molecule has 0 aromatic carbocycles. The third-order valence-electron chi connectivity index (χ3n) is 2.59. The normalized spacial score (nSPS) is 21.4. The van der Waals surface area contributed by atoms with E-state index in [1.165, 1.54) is 19.1 Å². The van der Waals surface area contributed by atoms with Crippen molar-refractivity contribution in [3.05, 3.63) is 11.8 Å². The van der Waals surface area contributed by atoms with E-state index < -0.39 is 23.7 Å². The molecule has 1 saturated heterocycles. The SMILES string of the molecule is CO/C=C1/C[C@@H](C(=O)OC)N(C(=O)OC(C)(C)C)C1. The molecule has 1 aliphatic rings. The van der Waals surface area contributed by atoms with Crippen LogP contribution in [0.3, 0.4) is 0 Å². The van der Waals surface area contributed by atoms with Crippen LogP contribution in [0.2, 0.25) is 0 Å². The standard InChI is InChI=1S/C13H21NO5/c1-13(2,3)19-12(16)14-7-9(8-17-4)6-10(14)11(15)18-5/h8,10H,6-7H2,1-5H3/b9-8-/t10-/m0/s1. The Morgan fingerprint density at radius 1 is 1.32 bits per heavy atom. The van der Waals surface area contributed by atoms with Crippen LogP contribution in [-0.4, -0.2) is 49.4 Å². The fourth-order valence-electron chi connectivity index (χ4n) is 1.86. The zero-order valence-electron chi connectivity index (χ0n) is 12.1. The van der Waals surface area contributed by atoms with Gasteiger partial charge in [0.25, 0.3) is 0 Å². The number of rotatable bonds is 2. The van der Waals surface area contributed by atoms with Gasteiger partial charge in [-0.2, -0.15) is 0 Å². The largest absolute Gasteiger partial charge is 0.504 e. The zero-order chi connectivity index (χ0) is 14.6. The predicted molar refractivity (Wildman–Crippen MR) is 68.5 cm³/mol. The van der Waals surface area contributed by atoms with E-state index >= 15 is 0 Å². The first-order chi connectivity index (χ1) is 8.78. The Balaban J connectivity index is 2.86. The first-order valence-electron chi connectivity index (χ1n) is 6.06. The lowest BCUT2D eigenvalue weighted by Gasteiger charge is -2.27. The summed E-state index contributed by atoms with van der Waals surface area (Å²) >= 11 is 0. The van der Waals surface area contributed by atoms with Crippen LogP contribution in [0, 0.1) is 0 Å². The maximum Gasteiger partial charge on any atom is 0.411 e. The van der Waals surface area contributed by atoms with E-state index in [0.717, 1.165) is 5.57 Å². The number of hydrogen-bond acceptors (Lipinski definition) is 5. The van der Waals surface area contributed by atoms with Crippen LogP contribution < -0.4 is 0 Å². The van der Waals surface area contributed by atoms with Crippen LogP contribution in [0.1, 0.15) is 27.2 Å². The van der Waals surface area contributed by atoms with Gasteiger partial charge in [-0.05, 0) is 26.3 Å². The van der Waals surface area contributed by atoms with Crippen molar-refractivity contribution in [1.82, 2.24) is 4.90 Å². The maximum absolute atomic E-state index is 12.1. The van der Waals surface area contributed by atoms with E-state index in [-0.39, 0.29) is 0 Å². The molecular formula is C13H21NO5. The van der Waals surface area contributed by atoms with Crippen LogP contribution >= 0.6 is 0 Å². The summed E-state index contributed by atoms with van der Waals surface area (Å²) in [6, 6.07) is -0.652. The number of hydrogen-bond donors (Lipinski definition) is 0. The lowest BCUT2D eigenvalue weighted by molar-refractivity contribution is -0.145. The van der Waals surface area contributed by atoms with E-state index in [1.807, 2.05) is 0 Å². The number of esters is 1. The Hall–Kier alpha value is -1.72. The summed E-state index contributed by atoms with van der Waals surface area (Å²) in [5.41, 5.74) is 0.245. The van der Waals surface area contributed by atoms with E-state index in [1.54, 1.807) is 27.0 Å². The molecule has 1 heterocycles. The number of methoxy groups -OCH3 is 2. The Kier molecular flexibility index (Phi) is 4.80. The molecule has 1 atom stereocenters. The summed E-state index contributed by atoms with van der Waals surface area (Å²) in [5, 5.41) is 0. The molecule has 1 rings (SSSR count). The molecule has 0 aromatic heterocycles. The summed E-state index contributed by atoms with van der Waals surface area (Å²) in [4.78, 5) is 25.1. The number of likely N-dealkylation sites (tertiary alicyclic amines) is 1. The minimum Gasteiger partial charge on any atom is -0.504 e. The topological polar surface area (TPSA) is 65.1 Å². The third-order valence-corrected chi connectivity index (χ3v) is 2.59. The molecule has 0 saturated carbocycles. The molecule has 6 heteroatoms. The average molecular weight is 271 g/mol. The first-order valence-corrected chi connectivity index (χ1v) is 6.06. The van der Waals surface area contributed by atoms with Crippen LogP contribution in [0.4, 0.5) is 4.79 Å². The average Bonchev–Trinajstić information content (AvgIpc) is 2.70. The third kappa shape index (κ3) is 4.15. The minimum absolute atomic E-state index is 0.308. The van der Waals surface area contributed by atoms with E-state index in [0.29, 0.717) is 13.0 Å². The van der Waals surface area contributed by atoms with E-state index in [2.05, 4.69) is 0 Å². The van der Waals surface area contributed by atoms with Crippen molar-refractivity contribution >= 4 is 12.1 Å². The second-order valence-electron chi connectivity index (χ2n) is 5.36. The quantitative estimate of drug-likeness (QED) is 0.565. The number of ether oxygens (including phenoxy) is 3. The predicted octanol–water partition coefficient (Wildman–Crippen LogP) is 1.70. The lowest BCUT2D eigenvalue weighted by atomic mass is 10.2. The molecule has 1 fully saturated rings. The van der Waals surface area contributed by atoms with Crippen molar-refractivity contribution in [2.75, 3.05) is 20.8 Å². The zero-order valence-corrected chi connectivity index (χ0v) is 12.1. The first kappa shape index (κ1) is 15.3. The Morgan fingerprint density at radius 3 is 2.42 bits per heavy atom. The Bertz CT molecular complexity index is 383. The van der Waals surface area contributed by atoms with Gasteiger partial charge < -0.3 is 14.2 Å². The molecule has 0 aliphatic carbocycles. The van der Waals surface area contributed by atoms with Gasteiger partial charge in [-0.1, -0.05) is 0 Å². The highest BCUT2D eigenvalue weighted by molar-refractivity contribution is 5.83. The van der Waals surface area contributed by atoms with Crippen molar-refractivity contribution in [1.29, 1.82) is 0 Å². The molecule has 0 N–H and O–H groups in total. The van der Waals surface area contributed by atoms with Crippen molar-refractivity contribution in [3.8, 4) is 0 Å². The lowest BCUT2D eigenvalue weighted by Crippen LogP contribution is -2.43. The molecule has 1 aliphatic heterocycles. The van der Waals surface area contributed by atoms with Gasteiger partial charge in [0.05, 0.1) is 20.5 Å². The van der Waals surface area contributed by atoms with Crippen molar-refractivity contribution < 1.29 is 23.8 Å². The van der Waals surface area contributed by atoms with E-state index in [4.69, 9.17) is 14.2 Å². The van der Waals surface area contributed by atoms with Crippen molar-refractivity contribution in [2.24, 2.45) is 0 Å². The molecular weight excluding hydrogens is 250 g/mol. The molecule has 0 radical (unpaired) electrons. The van der Waals surface area contributed by atoms with Crippen LogP contribution in [0.25, 0.3) is 0 Å². The molecule has 0 unspecified atom stereocenters. The van der Waals surface area contributed by atoms with Gasteiger partial charge >= 0.3 is 12.1 Å². The Morgan fingerprint density at radius 2 is 1.95 bits per heavy atom. The van der Waals surface area contributed by atoms with Crippen LogP contribution in [-0.2, 0) is 19.0 Å². The van der Waals surface area contributed by atoms with Crippen LogP contribution in [0.15, 0.2) is 11.8 Å². The highest BCUT2D eigenvalue weighted by atomic mass is 16.6. The fraction of sp³-hybridized carbons (Fsp3) is 0.692. The Labute approximate surface area is 113 Å². The number of nitrogens with zero attached hydrogens (tertiary/aromatic N) is 1.